The van der Waals surface area contributed by atoms with Crippen molar-refractivity contribution in [2.24, 2.45) is 0 Å². The number of fused-ring (bicyclic) bond motifs is 1. The maximum absolute atomic E-state index is 13.5. The van der Waals surface area contributed by atoms with E-state index in [2.05, 4.69) is 10.2 Å². The fraction of sp³-hybridized carbons (Fsp3) is 0.448. The van der Waals surface area contributed by atoms with Crippen molar-refractivity contribution in [2.75, 3.05) is 44.8 Å². The smallest absolute Gasteiger partial charge is 0.303 e. The fourth-order valence-electron chi connectivity index (χ4n) is 4.97. The van der Waals surface area contributed by atoms with Crippen molar-refractivity contribution in [1.29, 1.82) is 5.41 Å². The molecule has 0 aliphatic carbocycles. The highest BCUT2D eigenvalue weighted by Crippen LogP contribution is 2.32. The van der Waals surface area contributed by atoms with Crippen LogP contribution < -0.4 is 19.7 Å². The van der Waals surface area contributed by atoms with E-state index in [-0.39, 0.29) is 30.5 Å². The largest absolute Gasteiger partial charge is 0.493 e. The number of hydrogen-bond donors (Lipinski definition) is 3. The van der Waals surface area contributed by atoms with Crippen molar-refractivity contribution in [3.05, 3.63) is 52.6 Å². The van der Waals surface area contributed by atoms with E-state index in [4.69, 9.17) is 20.0 Å². The Labute approximate surface area is 228 Å². The zero-order chi connectivity index (χ0) is 27.9. The van der Waals surface area contributed by atoms with Crippen molar-refractivity contribution < 1.29 is 29.0 Å². The molecule has 0 bridgehead atoms. The molecule has 2 heterocycles. The number of benzene rings is 2. The normalized spacial score (nSPS) is 14.4. The number of hydrogen-bond acceptors (Lipinski definition) is 7. The predicted octanol–water partition coefficient (Wildman–Crippen LogP) is 3.70. The van der Waals surface area contributed by atoms with Gasteiger partial charge in [0.1, 0.15) is 17.3 Å². The topological polar surface area (TPSA) is 132 Å². The second kappa shape index (κ2) is 12.6. The monoisotopic (exact) mass is 536 g/mol. The number of ether oxygens (including phenoxy) is 2. The molecule has 0 aromatic heterocycles. The van der Waals surface area contributed by atoms with Crippen molar-refractivity contribution in [2.45, 2.75) is 45.6 Å². The molecule has 1 amide bonds. The van der Waals surface area contributed by atoms with Crippen LogP contribution in [0.4, 0.5) is 5.69 Å². The molecule has 39 heavy (non-hydrogen) atoms. The van der Waals surface area contributed by atoms with Gasteiger partial charge in [0.25, 0.3) is 5.91 Å². The molecule has 10 nitrogen and oxygen atoms in total. The highest BCUT2D eigenvalue weighted by molar-refractivity contribution is 6.07. The third-order valence-corrected chi connectivity index (χ3v) is 6.98. The van der Waals surface area contributed by atoms with E-state index in [0.29, 0.717) is 60.8 Å². The summed E-state index contributed by atoms with van der Waals surface area (Å²) in [6, 6.07) is 8.99. The van der Waals surface area contributed by atoms with E-state index < -0.39 is 5.97 Å². The lowest BCUT2D eigenvalue weighted by atomic mass is 10.0. The van der Waals surface area contributed by atoms with Crippen LogP contribution in [-0.2, 0) is 11.3 Å². The predicted molar refractivity (Wildman–Crippen MR) is 147 cm³/mol. The SMILES string of the molecule is CCOc1cc2c(cc1C(=O)NC)C(=N)N(CC(=O)c1cc(OCCCCC(=O)O)cc(N3CCCC3)c1)C2. The van der Waals surface area contributed by atoms with Gasteiger partial charge in [-0.1, -0.05) is 0 Å². The third kappa shape index (κ3) is 6.68. The van der Waals surface area contributed by atoms with Gasteiger partial charge in [-0.2, -0.15) is 0 Å². The molecule has 0 unspecified atom stereocenters. The molecule has 10 heteroatoms. The Morgan fingerprint density at radius 1 is 1.05 bits per heavy atom. The maximum Gasteiger partial charge on any atom is 0.303 e. The van der Waals surface area contributed by atoms with Gasteiger partial charge in [-0.3, -0.25) is 19.8 Å². The van der Waals surface area contributed by atoms with Gasteiger partial charge in [-0.05, 0) is 62.4 Å². The van der Waals surface area contributed by atoms with Gasteiger partial charge in [-0.15, -0.1) is 0 Å². The summed E-state index contributed by atoms with van der Waals surface area (Å²) in [7, 11) is 1.55. The van der Waals surface area contributed by atoms with E-state index >= 15 is 0 Å². The van der Waals surface area contributed by atoms with Crippen molar-refractivity contribution >= 4 is 29.2 Å². The van der Waals surface area contributed by atoms with Crippen molar-refractivity contribution in [3.8, 4) is 11.5 Å². The second-order valence-corrected chi connectivity index (χ2v) is 9.75. The number of aliphatic carboxylic acids is 1. The van der Waals surface area contributed by atoms with Crippen LogP contribution in [0.15, 0.2) is 30.3 Å². The van der Waals surface area contributed by atoms with Crippen molar-refractivity contribution in [3.63, 3.8) is 0 Å². The Morgan fingerprint density at radius 3 is 2.51 bits per heavy atom. The molecule has 0 saturated carbocycles. The lowest BCUT2D eigenvalue weighted by molar-refractivity contribution is -0.137. The number of nitrogens with zero attached hydrogens (tertiary/aromatic N) is 2. The molecule has 2 aliphatic heterocycles. The molecule has 3 N–H and O–H groups in total. The first-order chi connectivity index (χ1) is 18.8. The first kappa shape index (κ1) is 27.9. The summed E-state index contributed by atoms with van der Waals surface area (Å²) in [6.45, 7) is 4.82. The molecule has 1 saturated heterocycles. The molecule has 0 atom stereocenters. The van der Waals surface area contributed by atoms with E-state index in [1.807, 2.05) is 19.1 Å². The first-order valence-electron chi connectivity index (χ1n) is 13.4. The van der Waals surface area contributed by atoms with Crippen LogP contribution in [0.1, 0.15) is 70.9 Å². The number of rotatable bonds is 13. The minimum Gasteiger partial charge on any atom is -0.493 e. The summed E-state index contributed by atoms with van der Waals surface area (Å²) in [5.41, 5.74) is 3.24. The Bertz CT molecular complexity index is 1250. The Morgan fingerprint density at radius 2 is 1.82 bits per heavy atom. The van der Waals surface area contributed by atoms with Crippen LogP contribution in [-0.4, -0.2) is 73.4 Å². The van der Waals surface area contributed by atoms with Crippen LogP contribution in [0.25, 0.3) is 0 Å². The second-order valence-electron chi connectivity index (χ2n) is 9.75. The van der Waals surface area contributed by atoms with E-state index in [9.17, 15) is 14.4 Å². The Kier molecular flexibility index (Phi) is 9.06. The zero-order valence-electron chi connectivity index (χ0n) is 22.5. The summed E-state index contributed by atoms with van der Waals surface area (Å²) in [6.07, 6.45) is 3.41. The average Bonchev–Trinajstić information content (AvgIpc) is 3.56. The molecular formula is C29H36N4O6. The van der Waals surface area contributed by atoms with Crippen LogP contribution in [0.2, 0.25) is 0 Å². The molecule has 0 spiro atoms. The van der Waals surface area contributed by atoms with E-state index in [0.717, 1.165) is 37.2 Å². The number of amides is 1. The maximum atomic E-state index is 13.5. The Balaban J connectivity index is 1.51. The van der Waals surface area contributed by atoms with E-state index in [1.165, 1.54) is 0 Å². The highest BCUT2D eigenvalue weighted by Gasteiger charge is 2.29. The number of amidine groups is 1. The summed E-state index contributed by atoms with van der Waals surface area (Å²) in [5.74, 6) is -0.0298. The standard InChI is InChI=1S/C29H36N4O6/c1-3-38-26-14-20-17-33(28(30)23(20)16-24(26)29(37)31-2)18-25(34)19-12-21(32-9-5-6-10-32)15-22(13-19)39-11-7-4-8-27(35)36/h12-16,30H,3-11,17-18H2,1-2H3,(H,31,37)(H,35,36). The molecule has 4 rings (SSSR count). The highest BCUT2D eigenvalue weighted by atomic mass is 16.5. The molecule has 2 aromatic carbocycles. The van der Waals surface area contributed by atoms with Crippen LogP contribution in [0.3, 0.4) is 0 Å². The number of carboxylic acids is 1. The van der Waals surface area contributed by atoms with Gasteiger partial charge in [-0.25, -0.2) is 0 Å². The van der Waals surface area contributed by atoms with E-state index in [1.54, 1.807) is 30.1 Å². The quantitative estimate of drug-likeness (QED) is 0.261. The minimum atomic E-state index is -0.826. The molecule has 2 aromatic rings. The molecule has 2 aliphatic rings. The fourth-order valence-corrected chi connectivity index (χ4v) is 4.97. The van der Waals surface area contributed by atoms with Gasteiger partial charge in [0.2, 0.25) is 0 Å². The number of ketones is 1. The summed E-state index contributed by atoms with van der Waals surface area (Å²) < 4.78 is 11.6. The molecule has 1 fully saturated rings. The number of carbonyl (C=O) groups is 3. The minimum absolute atomic E-state index is 0.00823. The van der Waals surface area contributed by atoms with Crippen LogP contribution in [0.5, 0.6) is 11.5 Å². The number of carboxylic acid groups (broad SMARTS) is 1. The number of nitrogens with one attached hydrogen (secondary N) is 2. The summed E-state index contributed by atoms with van der Waals surface area (Å²) >= 11 is 0. The lowest BCUT2D eigenvalue weighted by Crippen LogP contribution is -2.30. The van der Waals surface area contributed by atoms with Gasteiger partial charge < -0.3 is 29.7 Å². The van der Waals surface area contributed by atoms with Gasteiger partial charge in [0.05, 0.1) is 25.3 Å². The van der Waals surface area contributed by atoms with Gasteiger partial charge in [0, 0.05) is 56.0 Å². The lowest BCUT2D eigenvalue weighted by Gasteiger charge is -2.21. The number of Topliss-reactive ketones (excluding diaryl/α,β-unsaturated/α-hetero) is 1. The summed E-state index contributed by atoms with van der Waals surface area (Å²) in [5, 5.41) is 20.2. The number of unbranched alkanes of at least 4 members (excludes halogenated alkanes) is 1. The van der Waals surface area contributed by atoms with Crippen molar-refractivity contribution in [1.82, 2.24) is 10.2 Å². The molecular weight excluding hydrogens is 500 g/mol. The average molecular weight is 537 g/mol. The molecule has 0 radical (unpaired) electrons. The molecule has 208 valence electrons. The van der Waals surface area contributed by atoms with Gasteiger partial charge >= 0.3 is 5.97 Å². The first-order valence-corrected chi connectivity index (χ1v) is 13.4. The number of carbonyl (C=O) groups excluding carboxylic acids is 2. The Hall–Kier alpha value is -4.08. The van der Waals surface area contributed by atoms with Crippen LogP contribution >= 0.6 is 0 Å². The number of anilines is 1. The summed E-state index contributed by atoms with van der Waals surface area (Å²) in [4.78, 5) is 40.6. The van der Waals surface area contributed by atoms with Gasteiger partial charge in [0.15, 0.2) is 5.78 Å². The third-order valence-electron chi connectivity index (χ3n) is 6.98. The zero-order valence-corrected chi connectivity index (χ0v) is 22.5. The van der Waals surface area contributed by atoms with Crippen LogP contribution in [0, 0.1) is 5.41 Å².